The summed E-state index contributed by atoms with van der Waals surface area (Å²) < 4.78 is 45.0. The monoisotopic (exact) mass is 961 g/mol. The van der Waals surface area contributed by atoms with Crippen LogP contribution in [0.4, 0.5) is 0 Å². The lowest BCUT2D eigenvalue weighted by Gasteiger charge is -2.24. The van der Waals surface area contributed by atoms with E-state index in [1.807, 2.05) is 25.1 Å². The van der Waals surface area contributed by atoms with Gasteiger partial charge >= 0.3 is 0 Å². The van der Waals surface area contributed by atoms with E-state index < -0.39 is 28.6 Å². The van der Waals surface area contributed by atoms with Gasteiger partial charge in [0.1, 0.15) is 0 Å². The molecule has 2 saturated heterocycles. The van der Waals surface area contributed by atoms with Crippen molar-refractivity contribution in [2.45, 2.75) is 12.8 Å². The summed E-state index contributed by atoms with van der Waals surface area (Å²) in [6.45, 7) is 13.9. The zero-order valence-electron chi connectivity index (χ0n) is 27.0. The van der Waals surface area contributed by atoms with Crippen molar-refractivity contribution in [2.24, 2.45) is 0 Å². The molecule has 2 aliphatic heterocycles. The molecule has 49 heavy (non-hydrogen) atoms. The van der Waals surface area contributed by atoms with Crippen LogP contribution >= 0.6 is 88.0 Å². The second-order valence-electron chi connectivity index (χ2n) is 9.08. The zero-order chi connectivity index (χ0) is 38.9. The molecule has 0 aromatic carbocycles. The van der Waals surface area contributed by atoms with Gasteiger partial charge in [-0.05, 0) is 109 Å². The summed E-state index contributed by atoms with van der Waals surface area (Å²) >= 11 is 20.6. The summed E-state index contributed by atoms with van der Waals surface area (Å²) in [4.78, 5) is 46.1. The molecule has 0 N–H and O–H groups in total. The lowest BCUT2D eigenvalue weighted by molar-refractivity contribution is -0.108. The van der Waals surface area contributed by atoms with E-state index in [0.29, 0.717) is 17.3 Å². The second-order valence-corrected chi connectivity index (χ2v) is 16.7. The number of hydrogen-bond donors (Lipinski definition) is 0. The van der Waals surface area contributed by atoms with Crippen LogP contribution < -0.4 is 0 Å². The van der Waals surface area contributed by atoms with E-state index in [0.717, 1.165) is 64.0 Å². The van der Waals surface area contributed by atoms with Gasteiger partial charge in [-0.25, -0.2) is 16.8 Å². The number of nitrogens with zero attached hydrogens (tertiary/aromatic N) is 3. The first kappa shape index (κ1) is 55.3. The van der Waals surface area contributed by atoms with Crippen LogP contribution in [-0.2, 0) is 42.0 Å². The van der Waals surface area contributed by atoms with Gasteiger partial charge in [0.05, 0.1) is 18.5 Å². The standard InChI is InChI=1S/C8H12ClNO2.C8H12ClNO.C5H10ClNO2S.C3H3ClO.C2H2Br2O.C2H3ClO2S/c9-8(11)2-1-3-10-4-6-12-7-5-10;9-8(11)4-3-7-10-5-1-2-6-10;1-7(2)4-3-5-10(6,8)9;1-2-3(4)5;3-1-2(4)5;1-2-6(3,4)5/h1-2H,3-7H2;3-4H,1-2,5-7H2;3,5H,4H2,1-2H3;2H,1H2;1H2;2H,1H2/b2-1+;4-3+;5-3+;;;. The number of hydrogen-bond acceptors (Lipinski definition) is 12. The topological polar surface area (TPSA) is 156 Å². The van der Waals surface area contributed by atoms with Crippen LogP contribution in [0.3, 0.4) is 0 Å². The predicted molar refractivity (Wildman–Crippen MR) is 209 cm³/mol. The highest BCUT2D eigenvalue weighted by Crippen LogP contribution is 2.06. The second kappa shape index (κ2) is 35.9. The molecule has 2 heterocycles. The minimum absolute atomic E-state index is 0.0162. The minimum atomic E-state index is -3.45. The van der Waals surface area contributed by atoms with Crippen molar-refractivity contribution in [3.8, 4) is 0 Å². The van der Waals surface area contributed by atoms with Gasteiger partial charge in [-0.2, -0.15) is 0 Å². The Morgan fingerprint density at radius 1 is 0.776 bits per heavy atom. The number of morpholine rings is 1. The smallest absolute Gasteiger partial charge is 0.254 e. The van der Waals surface area contributed by atoms with Crippen molar-refractivity contribution < 1.29 is 40.8 Å². The maximum Gasteiger partial charge on any atom is 0.254 e. The molecule has 0 unspecified atom stereocenters. The van der Waals surface area contributed by atoms with Gasteiger partial charge in [0, 0.05) is 64.9 Å². The van der Waals surface area contributed by atoms with Crippen LogP contribution in [0.5, 0.6) is 0 Å². The first-order chi connectivity index (χ1) is 22.6. The molecule has 21 heteroatoms. The maximum absolute atomic E-state index is 10.3. The highest BCUT2D eigenvalue weighted by atomic mass is 79.9. The minimum Gasteiger partial charge on any atom is -0.379 e. The lowest BCUT2D eigenvalue weighted by atomic mass is 10.4. The zero-order valence-corrected chi connectivity index (χ0v) is 35.6. The van der Waals surface area contributed by atoms with Crippen molar-refractivity contribution >= 4 is 127 Å². The van der Waals surface area contributed by atoms with Crippen LogP contribution in [0.1, 0.15) is 12.8 Å². The summed E-state index contributed by atoms with van der Waals surface area (Å²) in [5.74, 6) is 0. The molecule has 0 atom stereocenters. The lowest BCUT2D eigenvalue weighted by Crippen LogP contribution is -2.36. The van der Waals surface area contributed by atoms with Gasteiger partial charge in [0.25, 0.3) is 18.1 Å². The van der Waals surface area contributed by atoms with E-state index in [9.17, 15) is 36.0 Å². The number of carbonyl (C=O) groups excluding carboxylic acids is 4. The molecule has 2 aliphatic rings. The molecule has 2 rings (SSSR count). The molecule has 0 amide bonds. The predicted octanol–water partition coefficient (Wildman–Crippen LogP) is 5.61. The molecule has 2 fully saturated rings. The normalized spacial score (nSPS) is 14.8. The van der Waals surface area contributed by atoms with E-state index >= 15 is 0 Å². The van der Waals surface area contributed by atoms with E-state index in [4.69, 9.17) is 50.2 Å². The Hall–Kier alpha value is -0.470. The van der Waals surface area contributed by atoms with Crippen LogP contribution in [0.25, 0.3) is 0 Å². The van der Waals surface area contributed by atoms with Crippen LogP contribution in [0.15, 0.2) is 60.4 Å². The Morgan fingerprint density at radius 2 is 1.14 bits per heavy atom. The number of rotatable bonds is 12. The van der Waals surface area contributed by atoms with Crippen molar-refractivity contribution in [3.63, 3.8) is 0 Å². The maximum atomic E-state index is 10.3. The van der Waals surface area contributed by atoms with Gasteiger partial charge < -0.3 is 9.64 Å². The van der Waals surface area contributed by atoms with Gasteiger partial charge in [-0.3, -0.25) is 29.0 Å². The molecule has 12 nitrogen and oxygen atoms in total. The Bertz CT molecular complexity index is 1260. The van der Waals surface area contributed by atoms with Crippen LogP contribution in [-0.4, -0.2) is 130 Å². The number of alkyl halides is 1. The van der Waals surface area contributed by atoms with Crippen LogP contribution in [0, 0.1) is 0 Å². The van der Waals surface area contributed by atoms with Crippen molar-refractivity contribution in [3.05, 3.63) is 60.4 Å². The molecule has 0 bridgehead atoms. The molecule has 0 radical (unpaired) electrons. The first-order valence-corrected chi connectivity index (χ1v) is 21.5. The average molecular weight is 966 g/mol. The van der Waals surface area contributed by atoms with E-state index in [2.05, 4.69) is 65.5 Å². The van der Waals surface area contributed by atoms with E-state index in [1.54, 1.807) is 6.08 Å². The van der Waals surface area contributed by atoms with Crippen LogP contribution in [0.2, 0.25) is 0 Å². The first-order valence-electron chi connectivity index (χ1n) is 13.7. The number of likely N-dealkylation sites (N-methyl/N-ethyl adjacent to an activating group) is 1. The van der Waals surface area contributed by atoms with E-state index in [1.165, 1.54) is 31.1 Å². The van der Waals surface area contributed by atoms with Gasteiger partial charge in [-0.15, -0.1) is 0 Å². The molecule has 0 spiro atoms. The third-order valence-corrected chi connectivity index (χ3v) is 8.27. The summed E-state index contributed by atoms with van der Waals surface area (Å²) in [7, 11) is 6.25. The third kappa shape index (κ3) is 60.0. The van der Waals surface area contributed by atoms with Gasteiger partial charge in [0.15, 0.2) is 0 Å². The van der Waals surface area contributed by atoms with Crippen molar-refractivity contribution in [1.82, 2.24) is 14.7 Å². The fraction of sp³-hybridized carbons (Fsp3) is 0.500. The molecular weight excluding hydrogens is 924 g/mol. The van der Waals surface area contributed by atoms with Crippen molar-refractivity contribution in [2.75, 3.05) is 78.5 Å². The molecule has 0 saturated carbocycles. The number of allylic oxidation sites excluding steroid dienone is 3. The molecular formula is C28H42Br2Cl5N3O9S2. The number of halogens is 7. The summed E-state index contributed by atoms with van der Waals surface area (Å²) in [6.07, 6.45) is 11.5. The van der Waals surface area contributed by atoms with E-state index in [-0.39, 0.29) is 9.93 Å². The number of ether oxygens (including phenoxy) is 1. The Morgan fingerprint density at radius 3 is 1.41 bits per heavy atom. The summed E-state index contributed by atoms with van der Waals surface area (Å²) in [5.41, 5.74) is 0. The SMILES string of the molecule is C=CC(=O)Cl.C=CS(=O)(=O)Cl.CN(C)C/C=C/S(=O)(=O)Cl.O=C(Br)CBr.O=C(Cl)/C=C/CN1CCCC1.O=C(Cl)/C=C/CN1CCOCC1. The van der Waals surface area contributed by atoms with Crippen molar-refractivity contribution in [1.29, 1.82) is 0 Å². The third-order valence-electron chi connectivity index (χ3n) is 4.72. The fourth-order valence-electron chi connectivity index (χ4n) is 2.71. The fourth-order valence-corrected chi connectivity index (χ4v) is 3.42. The average Bonchev–Trinajstić information content (AvgIpc) is 3.51. The Balaban J connectivity index is -0.000000257. The number of carbonyl (C=O) groups is 4. The highest BCUT2D eigenvalue weighted by Gasteiger charge is 2.09. The Labute approximate surface area is 331 Å². The number of likely N-dealkylation sites (tertiary alicyclic amines) is 1. The molecule has 0 aliphatic carbocycles. The highest BCUT2D eigenvalue weighted by molar-refractivity contribution is 9.19. The quantitative estimate of drug-likeness (QED) is 0.136. The summed E-state index contributed by atoms with van der Waals surface area (Å²) in [6, 6.07) is 0. The molecule has 0 aromatic heterocycles. The summed E-state index contributed by atoms with van der Waals surface area (Å²) in [5, 5.41) is 0.744. The Kier molecular flexibility index (Phi) is 40.5. The molecule has 284 valence electrons. The largest absolute Gasteiger partial charge is 0.379 e. The van der Waals surface area contributed by atoms with Gasteiger partial charge in [-0.1, -0.05) is 47.3 Å². The molecule has 0 aromatic rings. The van der Waals surface area contributed by atoms with Gasteiger partial charge in [0.2, 0.25) is 20.4 Å².